The molecule has 0 aliphatic carbocycles. The van der Waals surface area contributed by atoms with Gasteiger partial charge in [0.05, 0.1) is 18.2 Å². The van der Waals surface area contributed by atoms with Crippen LogP contribution in [0, 0.1) is 0 Å². The van der Waals surface area contributed by atoms with Crippen LogP contribution in [0.2, 0.25) is 0 Å². The molecule has 0 saturated carbocycles. The maximum Gasteiger partial charge on any atom is 0.335 e. The number of aromatic carboxylic acids is 1. The molecule has 0 amide bonds. The van der Waals surface area contributed by atoms with E-state index in [0.29, 0.717) is 12.3 Å². The van der Waals surface area contributed by atoms with Crippen LogP contribution in [0.3, 0.4) is 0 Å². The fourth-order valence-electron chi connectivity index (χ4n) is 2.44. The molecule has 0 radical (unpaired) electrons. The SMILES string of the molecule is C[C@H](c1ccon1)N(C)Cc1ccc(-c2ccc(C(=O)O)cc2)o1. The minimum Gasteiger partial charge on any atom is -0.478 e. The summed E-state index contributed by atoms with van der Waals surface area (Å²) >= 11 is 0. The molecule has 1 atom stereocenters. The third-order valence-corrected chi connectivity index (χ3v) is 4.03. The molecule has 2 aromatic heterocycles. The van der Waals surface area contributed by atoms with E-state index in [1.165, 1.54) is 0 Å². The molecule has 0 aliphatic heterocycles. The van der Waals surface area contributed by atoms with Crippen LogP contribution < -0.4 is 0 Å². The Kier molecular flexibility index (Phi) is 4.48. The van der Waals surface area contributed by atoms with Crippen molar-refractivity contribution in [3.8, 4) is 11.3 Å². The molecular weight excluding hydrogens is 308 g/mol. The van der Waals surface area contributed by atoms with Gasteiger partial charge in [-0.2, -0.15) is 0 Å². The minimum absolute atomic E-state index is 0.104. The Balaban J connectivity index is 1.70. The lowest BCUT2D eigenvalue weighted by Crippen LogP contribution is -2.21. The van der Waals surface area contributed by atoms with E-state index >= 15 is 0 Å². The number of hydrogen-bond acceptors (Lipinski definition) is 5. The Hall–Kier alpha value is -2.86. The van der Waals surface area contributed by atoms with Crippen molar-refractivity contribution >= 4 is 5.97 Å². The number of hydrogen-bond donors (Lipinski definition) is 1. The van der Waals surface area contributed by atoms with Crippen molar-refractivity contribution in [1.29, 1.82) is 0 Å². The molecule has 24 heavy (non-hydrogen) atoms. The van der Waals surface area contributed by atoms with Crippen LogP contribution in [0.25, 0.3) is 11.3 Å². The van der Waals surface area contributed by atoms with E-state index in [1.54, 1.807) is 30.5 Å². The fourth-order valence-corrected chi connectivity index (χ4v) is 2.44. The van der Waals surface area contributed by atoms with Crippen LogP contribution in [-0.4, -0.2) is 28.2 Å². The standard InChI is InChI=1S/C18H18N2O4/c1-12(16-9-10-23-19-16)20(2)11-15-7-8-17(24-15)13-3-5-14(6-4-13)18(21)22/h3-10,12H,11H2,1-2H3,(H,21,22)/t12-/m1/s1. The van der Waals surface area contributed by atoms with Gasteiger partial charge in [0, 0.05) is 11.6 Å². The summed E-state index contributed by atoms with van der Waals surface area (Å²) in [5.41, 5.74) is 1.97. The zero-order chi connectivity index (χ0) is 17.1. The second kappa shape index (κ2) is 6.72. The molecule has 3 rings (SSSR count). The lowest BCUT2D eigenvalue weighted by molar-refractivity contribution is 0.0697. The van der Waals surface area contributed by atoms with Crippen LogP contribution in [0.15, 0.2) is 57.7 Å². The third kappa shape index (κ3) is 3.38. The maximum absolute atomic E-state index is 10.9. The molecular formula is C18H18N2O4. The average Bonchev–Trinajstić information content (AvgIpc) is 3.26. The van der Waals surface area contributed by atoms with Crippen molar-refractivity contribution in [1.82, 2.24) is 10.1 Å². The molecule has 124 valence electrons. The number of aromatic nitrogens is 1. The number of carbonyl (C=O) groups is 1. The number of carboxylic acids is 1. The van der Waals surface area contributed by atoms with Gasteiger partial charge in [0.25, 0.3) is 0 Å². The first-order valence-corrected chi connectivity index (χ1v) is 7.57. The summed E-state index contributed by atoms with van der Waals surface area (Å²) in [5, 5.41) is 12.9. The van der Waals surface area contributed by atoms with Crippen molar-refractivity contribution < 1.29 is 18.8 Å². The van der Waals surface area contributed by atoms with Crippen LogP contribution in [-0.2, 0) is 6.54 Å². The summed E-state index contributed by atoms with van der Waals surface area (Å²) in [6, 6.07) is 12.4. The highest BCUT2D eigenvalue weighted by Gasteiger charge is 2.16. The average molecular weight is 326 g/mol. The predicted octanol–water partition coefficient (Wildman–Crippen LogP) is 3.83. The summed E-state index contributed by atoms with van der Waals surface area (Å²) in [6.07, 6.45) is 1.56. The molecule has 3 aromatic rings. The number of nitrogens with zero attached hydrogens (tertiary/aromatic N) is 2. The van der Waals surface area contributed by atoms with Gasteiger partial charge in [-0.1, -0.05) is 17.3 Å². The van der Waals surface area contributed by atoms with Gasteiger partial charge in [-0.25, -0.2) is 4.79 Å². The fraction of sp³-hybridized carbons (Fsp3) is 0.222. The highest BCUT2D eigenvalue weighted by Crippen LogP contribution is 2.25. The van der Waals surface area contributed by atoms with Gasteiger partial charge in [-0.3, -0.25) is 4.90 Å². The Morgan fingerprint density at radius 1 is 1.21 bits per heavy atom. The zero-order valence-electron chi connectivity index (χ0n) is 13.5. The van der Waals surface area contributed by atoms with Crippen LogP contribution >= 0.6 is 0 Å². The largest absolute Gasteiger partial charge is 0.478 e. The molecule has 6 nitrogen and oxygen atoms in total. The van der Waals surface area contributed by atoms with E-state index in [4.69, 9.17) is 14.0 Å². The monoisotopic (exact) mass is 326 g/mol. The normalized spacial score (nSPS) is 12.5. The quantitative estimate of drug-likeness (QED) is 0.741. The molecule has 0 unspecified atom stereocenters. The van der Waals surface area contributed by atoms with Gasteiger partial charge in [0.15, 0.2) is 0 Å². The second-order valence-corrected chi connectivity index (χ2v) is 5.66. The van der Waals surface area contributed by atoms with Crippen molar-refractivity contribution in [2.45, 2.75) is 19.5 Å². The van der Waals surface area contributed by atoms with Crippen molar-refractivity contribution in [2.75, 3.05) is 7.05 Å². The molecule has 6 heteroatoms. The molecule has 0 fully saturated rings. The number of rotatable bonds is 6. The molecule has 1 aromatic carbocycles. The van der Waals surface area contributed by atoms with Crippen LogP contribution in [0.1, 0.15) is 34.8 Å². The molecule has 0 spiro atoms. The van der Waals surface area contributed by atoms with Crippen molar-refractivity contribution in [2.24, 2.45) is 0 Å². The van der Waals surface area contributed by atoms with Gasteiger partial charge in [0.2, 0.25) is 0 Å². The van der Waals surface area contributed by atoms with E-state index in [2.05, 4.69) is 10.1 Å². The van der Waals surface area contributed by atoms with Gasteiger partial charge in [0.1, 0.15) is 23.5 Å². The zero-order valence-corrected chi connectivity index (χ0v) is 13.5. The molecule has 0 aliphatic rings. The van der Waals surface area contributed by atoms with Gasteiger partial charge < -0.3 is 14.0 Å². The van der Waals surface area contributed by atoms with E-state index < -0.39 is 5.97 Å². The summed E-state index contributed by atoms with van der Waals surface area (Å²) < 4.78 is 10.8. The first kappa shape index (κ1) is 16.0. The smallest absolute Gasteiger partial charge is 0.335 e. The molecule has 0 bridgehead atoms. The lowest BCUT2D eigenvalue weighted by atomic mass is 10.1. The predicted molar refractivity (Wildman–Crippen MR) is 87.5 cm³/mol. The number of furan rings is 1. The van der Waals surface area contributed by atoms with Crippen molar-refractivity contribution in [3.05, 3.63) is 65.7 Å². The van der Waals surface area contributed by atoms with Crippen LogP contribution in [0.4, 0.5) is 0 Å². The topological polar surface area (TPSA) is 79.7 Å². The lowest BCUT2D eigenvalue weighted by Gasteiger charge is -2.21. The second-order valence-electron chi connectivity index (χ2n) is 5.66. The Bertz CT molecular complexity index is 806. The highest BCUT2D eigenvalue weighted by molar-refractivity contribution is 5.88. The Labute approximate surface area is 139 Å². The summed E-state index contributed by atoms with van der Waals surface area (Å²) in [5.74, 6) is 0.597. The van der Waals surface area contributed by atoms with Gasteiger partial charge in [-0.15, -0.1) is 0 Å². The molecule has 2 heterocycles. The van der Waals surface area contributed by atoms with Crippen molar-refractivity contribution in [3.63, 3.8) is 0 Å². The first-order chi connectivity index (χ1) is 11.5. The van der Waals surface area contributed by atoms with E-state index in [-0.39, 0.29) is 11.6 Å². The third-order valence-electron chi connectivity index (χ3n) is 4.03. The summed E-state index contributed by atoms with van der Waals surface area (Å²) in [4.78, 5) is 13.0. The highest BCUT2D eigenvalue weighted by atomic mass is 16.5. The maximum atomic E-state index is 10.9. The van der Waals surface area contributed by atoms with E-state index in [1.807, 2.05) is 32.2 Å². The van der Waals surface area contributed by atoms with Gasteiger partial charge in [-0.05, 0) is 38.2 Å². The summed E-state index contributed by atoms with van der Waals surface area (Å²) in [7, 11) is 1.99. The van der Waals surface area contributed by atoms with E-state index in [0.717, 1.165) is 17.0 Å². The van der Waals surface area contributed by atoms with Gasteiger partial charge >= 0.3 is 5.97 Å². The summed E-state index contributed by atoms with van der Waals surface area (Å²) in [6.45, 7) is 2.67. The first-order valence-electron chi connectivity index (χ1n) is 7.57. The molecule has 0 saturated heterocycles. The number of benzene rings is 1. The van der Waals surface area contributed by atoms with E-state index in [9.17, 15) is 4.79 Å². The Morgan fingerprint density at radius 2 is 1.96 bits per heavy atom. The Morgan fingerprint density at radius 3 is 2.58 bits per heavy atom. The molecule has 1 N–H and O–H groups in total. The van der Waals surface area contributed by atoms with Crippen LogP contribution in [0.5, 0.6) is 0 Å². The minimum atomic E-state index is -0.940. The number of carboxylic acid groups (broad SMARTS) is 1.